The van der Waals surface area contributed by atoms with Gasteiger partial charge in [0.15, 0.2) is 5.96 Å². The molecule has 0 spiro atoms. The van der Waals surface area contributed by atoms with Gasteiger partial charge in [-0.25, -0.2) is 0 Å². The molecule has 2 saturated heterocycles. The molecule has 2 aliphatic heterocycles. The van der Waals surface area contributed by atoms with Crippen molar-refractivity contribution in [1.29, 1.82) is 0 Å². The zero-order chi connectivity index (χ0) is 19.9. The van der Waals surface area contributed by atoms with Crippen molar-refractivity contribution < 1.29 is 9.47 Å². The van der Waals surface area contributed by atoms with E-state index in [1.807, 2.05) is 0 Å². The SMILES string of the molecule is CCNC(=NCCCOCC1CCOCC1)N1CCN(C2CC3CCC2C3)CC1. The van der Waals surface area contributed by atoms with Gasteiger partial charge in [-0.05, 0) is 63.2 Å². The summed E-state index contributed by atoms with van der Waals surface area (Å²) in [6.45, 7) is 12.1. The predicted octanol–water partition coefficient (Wildman–Crippen LogP) is 2.59. The van der Waals surface area contributed by atoms with E-state index in [-0.39, 0.29) is 0 Å². The number of hydrogen-bond donors (Lipinski definition) is 1. The molecule has 3 unspecified atom stereocenters. The molecule has 0 amide bonds. The van der Waals surface area contributed by atoms with Crippen LogP contribution in [0.4, 0.5) is 0 Å². The first kappa shape index (κ1) is 21.4. The second-order valence-electron chi connectivity index (χ2n) is 9.49. The first-order valence-corrected chi connectivity index (χ1v) is 12.3. The lowest BCUT2D eigenvalue weighted by Gasteiger charge is -2.42. The third kappa shape index (κ3) is 5.86. The Bertz CT molecular complexity index is 515. The van der Waals surface area contributed by atoms with Crippen LogP contribution in [0.25, 0.3) is 0 Å². The number of aliphatic imine (C=N–C) groups is 1. The Morgan fingerprint density at radius 3 is 2.59 bits per heavy atom. The Morgan fingerprint density at radius 2 is 1.90 bits per heavy atom. The van der Waals surface area contributed by atoms with E-state index < -0.39 is 0 Å². The normalized spacial score (nSPS) is 31.6. The zero-order valence-corrected chi connectivity index (χ0v) is 18.5. The average Bonchev–Trinajstić information content (AvgIpc) is 3.40. The van der Waals surface area contributed by atoms with Crippen LogP contribution >= 0.6 is 0 Å². The van der Waals surface area contributed by atoms with Gasteiger partial charge in [-0.2, -0.15) is 0 Å². The maximum absolute atomic E-state index is 5.89. The van der Waals surface area contributed by atoms with Crippen LogP contribution in [0.1, 0.15) is 51.9 Å². The second kappa shape index (κ2) is 11.0. The lowest BCUT2D eigenvalue weighted by molar-refractivity contribution is 0.0205. The van der Waals surface area contributed by atoms with E-state index in [1.165, 1.54) is 38.8 Å². The van der Waals surface area contributed by atoms with Crippen LogP contribution < -0.4 is 5.32 Å². The van der Waals surface area contributed by atoms with Crippen molar-refractivity contribution in [2.24, 2.45) is 22.7 Å². The Hall–Kier alpha value is -0.850. The summed E-state index contributed by atoms with van der Waals surface area (Å²) >= 11 is 0. The maximum Gasteiger partial charge on any atom is 0.194 e. The summed E-state index contributed by atoms with van der Waals surface area (Å²) in [5.74, 6) is 3.82. The van der Waals surface area contributed by atoms with Crippen molar-refractivity contribution in [3.8, 4) is 0 Å². The van der Waals surface area contributed by atoms with Crippen molar-refractivity contribution in [1.82, 2.24) is 15.1 Å². The third-order valence-corrected chi connectivity index (χ3v) is 7.52. The van der Waals surface area contributed by atoms with E-state index in [0.29, 0.717) is 5.92 Å². The number of rotatable bonds is 8. The van der Waals surface area contributed by atoms with Crippen LogP contribution in [0, 0.1) is 17.8 Å². The highest BCUT2D eigenvalue weighted by Gasteiger charge is 2.42. The molecular formula is C23H42N4O2. The first-order valence-electron chi connectivity index (χ1n) is 12.3. The Labute approximate surface area is 177 Å². The second-order valence-corrected chi connectivity index (χ2v) is 9.49. The van der Waals surface area contributed by atoms with Gasteiger partial charge in [0, 0.05) is 71.7 Å². The van der Waals surface area contributed by atoms with E-state index in [2.05, 4.69) is 22.0 Å². The van der Waals surface area contributed by atoms with Crippen LogP contribution in [0.5, 0.6) is 0 Å². The molecule has 4 fully saturated rings. The molecule has 3 atom stereocenters. The molecule has 4 rings (SSSR count). The molecular weight excluding hydrogens is 364 g/mol. The van der Waals surface area contributed by atoms with Crippen LogP contribution in [-0.4, -0.2) is 87.5 Å². The van der Waals surface area contributed by atoms with E-state index in [4.69, 9.17) is 14.5 Å². The topological polar surface area (TPSA) is 49.3 Å². The van der Waals surface area contributed by atoms with E-state index in [0.717, 1.165) is 95.7 Å². The van der Waals surface area contributed by atoms with Gasteiger partial charge in [-0.3, -0.25) is 9.89 Å². The highest BCUT2D eigenvalue weighted by Crippen LogP contribution is 2.46. The fourth-order valence-corrected chi connectivity index (χ4v) is 5.86. The van der Waals surface area contributed by atoms with Crippen LogP contribution in [0.3, 0.4) is 0 Å². The van der Waals surface area contributed by atoms with Gasteiger partial charge in [0.05, 0.1) is 0 Å². The molecule has 166 valence electrons. The van der Waals surface area contributed by atoms with Crippen molar-refractivity contribution in [3.63, 3.8) is 0 Å². The molecule has 2 bridgehead atoms. The van der Waals surface area contributed by atoms with Gasteiger partial charge in [0.25, 0.3) is 0 Å². The largest absolute Gasteiger partial charge is 0.381 e. The third-order valence-electron chi connectivity index (χ3n) is 7.52. The van der Waals surface area contributed by atoms with Gasteiger partial charge in [-0.1, -0.05) is 6.42 Å². The highest BCUT2D eigenvalue weighted by atomic mass is 16.5. The molecule has 0 radical (unpaired) electrons. The van der Waals surface area contributed by atoms with Crippen molar-refractivity contribution >= 4 is 5.96 Å². The van der Waals surface area contributed by atoms with Crippen LogP contribution in [-0.2, 0) is 9.47 Å². The number of guanidine groups is 1. The van der Waals surface area contributed by atoms with E-state index in [9.17, 15) is 0 Å². The Morgan fingerprint density at radius 1 is 1.07 bits per heavy atom. The standard InChI is InChI=1S/C23H42N4O2/c1-2-24-23(25-8-3-13-29-18-19-6-14-28-15-7-19)27-11-9-26(10-12-27)22-17-20-4-5-21(22)16-20/h19-22H,2-18H2,1H3,(H,24,25). The average molecular weight is 407 g/mol. The van der Waals surface area contributed by atoms with Crippen LogP contribution in [0.15, 0.2) is 4.99 Å². The molecule has 0 aromatic heterocycles. The first-order chi connectivity index (χ1) is 14.3. The number of nitrogens with zero attached hydrogens (tertiary/aromatic N) is 3. The summed E-state index contributed by atoms with van der Waals surface area (Å²) in [7, 11) is 0. The molecule has 2 heterocycles. The Kier molecular flexibility index (Phi) is 8.08. The molecule has 0 aromatic rings. The van der Waals surface area contributed by atoms with Crippen molar-refractivity contribution in [2.75, 3.05) is 65.7 Å². The van der Waals surface area contributed by atoms with Crippen molar-refractivity contribution in [3.05, 3.63) is 0 Å². The summed E-state index contributed by atoms with van der Waals surface area (Å²) in [6, 6.07) is 0.878. The van der Waals surface area contributed by atoms with Gasteiger partial charge < -0.3 is 19.7 Å². The lowest BCUT2D eigenvalue weighted by Crippen LogP contribution is -2.55. The Balaban J connectivity index is 1.15. The van der Waals surface area contributed by atoms with E-state index >= 15 is 0 Å². The summed E-state index contributed by atoms with van der Waals surface area (Å²) in [5, 5.41) is 3.51. The fourth-order valence-electron chi connectivity index (χ4n) is 5.86. The zero-order valence-electron chi connectivity index (χ0n) is 18.5. The monoisotopic (exact) mass is 406 g/mol. The van der Waals surface area contributed by atoms with Gasteiger partial charge in [-0.15, -0.1) is 0 Å². The van der Waals surface area contributed by atoms with E-state index in [1.54, 1.807) is 0 Å². The summed E-state index contributed by atoms with van der Waals surface area (Å²) in [6.07, 6.45) is 9.25. The molecule has 2 aliphatic carbocycles. The van der Waals surface area contributed by atoms with Gasteiger partial charge in [0.2, 0.25) is 0 Å². The minimum absolute atomic E-state index is 0.691. The van der Waals surface area contributed by atoms with Gasteiger partial charge in [0.1, 0.15) is 0 Å². The number of piperazine rings is 1. The number of hydrogen-bond acceptors (Lipinski definition) is 4. The highest BCUT2D eigenvalue weighted by molar-refractivity contribution is 5.80. The number of nitrogens with one attached hydrogen (secondary N) is 1. The summed E-state index contributed by atoms with van der Waals surface area (Å²) in [5.41, 5.74) is 0. The lowest BCUT2D eigenvalue weighted by atomic mass is 9.93. The number of ether oxygens (including phenoxy) is 2. The molecule has 2 saturated carbocycles. The maximum atomic E-state index is 5.89. The summed E-state index contributed by atoms with van der Waals surface area (Å²) < 4.78 is 11.3. The molecule has 6 heteroatoms. The van der Waals surface area contributed by atoms with Crippen LogP contribution in [0.2, 0.25) is 0 Å². The fraction of sp³-hybridized carbons (Fsp3) is 0.957. The smallest absolute Gasteiger partial charge is 0.194 e. The number of fused-ring (bicyclic) bond motifs is 2. The van der Waals surface area contributed by atoms with Gasteiger partial charge >= 0.3 is 0 Å². The molecule has 4 aliphatic rings. The summed E-state index contributed by atoms with van der Waals surface area (Å²) in [4.78, 5) is 10.1. The molecule has 1 N–H and O–H groups in total. The molecule has 0 aromatic carbocycles. The minimum atomic E-state index is 0.691. The predicted molar refractivity (Wildman–Crippen MR) is 117 cm³/mol. The minimum Gasteiger partial charge on any atom is -0.381 e. The quantitative estimate of drug-likeness (QED) is 0.381. The molecule has 29 heavy (non-hydrogen) atoms. The molecule has 6 nitrogen and oxygen atoms in total. The van der Waals surface area contributed by atoms with Crippen molar-refractivity contribution in [2.45, 2.75) is 57.9 Å².